The summed E-state index contributed by atoms with van der Waals surface area (Å²) in [5, 5.41) is 3.20. The van der Waals surface area contributed by atoms with Crippen molar-refractivity contribution in [1.29, 1.82) is 0 Å². The van der Waals surface area contributed by atoms with Gasteiger partial charge in [-0.1, -0.05) is 53.7 Å². The molecule has 1 unspecified atom stereocenters. The third kappa shape index (κ3) is 11.7. The van der Waals surface area contributed by atoms with Gasteiger partial charge < -0.3 is 5.32 Å². The van der Waals surface area contributed by atoms with E-state index in [1.165, 1.54) is 5.57 Å². The lowest BCUT2D eigenvalue weighted by Crippen LogP contribution is -2.31. The first kappa shape index (κ1) is 18.5. The molecule has 0 aliphatic rings. The molecule has 0 rings (SSSR count). The molecule has 0 aliphatic carbocycles. The van der Waals surface area contributed by atoms with E-state index in [1.807, 2.05) is 34.7 Å². The van der Waals surface area contributed by atoms with E-state index in [0.29, 0.717) is 12.0 Å². The molecule has 0 saturated carbocycles. The van der Waals surface area contributed by atoms with Gasteiger partial charge in [0.1, 0.15) is 0 Å². The Morgan fingerprint density at radius 2 is 1.38 bits per heavy atom. The molecule has 0 bridgehead atoms. The van der Waals surface area contributed by atoms with Gasteiger partial charge >= 0.3 is 0 Å². The molecule has 82 valence electrons. The van der Waals surface area contributed by atoms with Gasteiger partial charge in [0.25, 0.3) is 0 Å². The number of likely N-dealkylation sites (N-methyl/N-ethyl adjacent to an activating group) is 1. The lowest BCUT2D eigenvalue weighted by Gasteiger charge is -2.19. The first-order valence-corrected chi connectivity index (χ1v) is 5.42. The minimum atomic E-state index is 0.477. The molecule has 1 atom stereocenters. The first-order valence-electron chi connectivity index (χ1n) is 5.42. The SMILES string of the molecule is C=C(C)C(NC)C(C)C.CC.CC. The number of nitrogens with one attached hydrogen (secondary N) is 1. The van der Waals surface area contributed by atoms with Crippen LogP contribution in [0, 0.1) is 5.92 Å². The molecule has 0 saturated heterocycles. The molecule has 1 N–H and O–H groups in total. The van der Waals surface area contributed by atoms with E-state index >= 15 is 0 Å². The van der Waals surface area contributed by atoms with E-state index < -0.39 is 0 Å². The van der Waals surface area contributed by atoms with Crippen molar-refractivity contribution in [2.45, 2.75) is 54.5 Å². The van der Waals surface area contributed by atoms with Crippen LogP contribution in [0.15, 0.2) is 12.2 Å². The Kier molecular flexibility index (Phi) is 20.2. The zero-order valence-corrected chi connectivity index (χ0v) is 10.9. The Balaban J connectivity index is -0.000000218. The van der Waals surface area contributed by atoms with E-state index in [1.54, 1.807) is 0 Å². The van der Waals surface area contributed by atoms with Gasteiger partial charge in [-0.05, 0) is 19.9 Å². The van der Waals surface area contributed by atoms with Crippen LogP contribution >= 0.6 is 0 Å². The number of rotatable bonds is 3. The summed E-state index contributed by atoms with van der Waals surface area (Å²) < 4.78 is 0. The van der Waals surface area contributed by atoms with Gasteiger partial charge in [0, 0.05) is 6.04 Å². The van der Waals surface area contributed by atoms with E-state index in [2.05, 4.69) is 32.7 Å². The van der Waals surface area contributed by atoms with Gasteiger partial charge in [0.15, 0.2) is 0 Å². The highest BCUT2D eigenvalue weighted by Crippen LogP contribution is 2.08. The first-order chi connectivity index (χ1) is 6.09. The molecule has 0 aromatic carbocycles. The summed E-state index contributed by atoms with van der Waals surface area (Å²) in [5.74, 6) is 0.646. The summed E-state index contributed by atoms with van der Waals surface area (Å²) in [6.07, 6.45) is 0. The highest BCUT2D eigenvalue weighted by atomic mass is 14.9. The minimum absolute atomic E-state index is 0.477. The van der Waals surface area contributed by atoms with E-state index in [0.717, 1.165) is 0 Å². The third-order valence-corrected chi connectivity index (χ3v) is 1.51. The van der Waals surface area contributed by atoms with Gasteiger partial charge in [-0.15, -0.1) is 0 Å². The topological polar surface area (TPSA) is 12.0 Å². The summed E-state index contributed by atoms with van der Waals surface area (Å²) in [7, 11) is 1.97. The van der Waals surface area contributed by atoms with Gasteiger partial charge in [0.05, 0.1) is 0 Å². The maximum Gasteiger partial charge on any atom is 0.0294 e. The van der Waals surface area contributed by atoms with Crippen molar-refractivity contribution >= 4 is 0 Å². The van der Waals surface area contributed by atoms with E-state index in [9.17, 15) is 0 Å². The lowest BCUT2D eigenvalue weighted by molar-refractivity contribution is 0.480. The molecule has 1 heteroatoms. The Bertz CT molecular complexity index is 95.3. The Morgan fingerprint density at radius 3 is 1.38 bits per heavy atom. The molecule has 13 heavy (non-hydrogen) atoms. The third-order valence-electron chi connectivity index (χ3n) is 1.51. The molecule has 0 heterocycles. The molecule has 0 aromatic heterocycles. The van der Waals surface area contributed by atoms with E-state index in [-0.39, 0.29) is 0 Å². The standard InChI is InChI=1S/C8H17N.2C2H6/c1-6(2)8(9-5)7(3)4;2*1-2/h7-9H,1H2,2-5H3;2*1-2H3. The van der Waals surface area contributed by atoms with Crippen molar-refractivity contribution in [1.82, 2.24) is 5.32 Å². The van der Waals surface area contributed by atoms with Crippen LogP contribution < -0.4 is 5.32 Å². The molecular formula is C12H29N. The molecule has 0 amide bonds. The van der Waals surface area contributed by atoms with Gasteiger partial charge in [-0.25, -0.2) is 0 Å². The predicted molar refractivity (Wildman–Crippen MR) is 65.2 cm³/mol. The van der Waals surface area contributed by atoms with Crippen LogP contribution in [-0.4, -0.2) is 13.1 Å². The summed E-state index contributed by atoms with van der Waals surface area (Å²) in [6.45, 7) is 18.3. The van der Waals surface area contributed by atoms with Crippen molar-refractivity contribution < 1.29 is 0 Å². The maximum atomic E-state index is 3.89. The van der Waals surface area contributed by atoms with Crippen LogP contribution in [0.3, 0.4) is 0 Å². The summed E-state index contributed by atoms with van der Waals surface area (Å²) in [6, 6.07) is 0.477. The van der Waals surface area contributed by atoms with Gasteiger partial charge in [0.2, 0.25) is 0 Å². The summed E-state index contributed by atoms with van der Waals surface area (Å²) in [5.41, 5.74) is 1.22. The average molecular weight is 187 g/mol. The van der Waals surface area contributed by atoms with Crippen LogP contribution in [0.4, 0.5) is 0 Å². The second-order valence-corrected chi connectivity index (χ2v) is 2.86. The molecule has 0 aliphatic heterocycles. The number of hydrogen-bond donors (Lipinski definition) is 1. The highest BCUT2D eigenvalue weighted by molar-refractivity contribution is 5.02. The Labute approximate surface area is 85.6 Å². The molecule has 0 fully saturated rings. The smallest absolute Gasteiger partial charge is 0.0294 e. The molecule has 0 spiro atoms. The zero-order valence-electron chi connectivity index (χ0n) is 10.9. The normalized spacial score (nSPS) is 10.5. The highest BCUT2D eigenvalue weighted by Gasteiger charge is 2.09. The summed E-state index contributed by atoms with van der Waals surface area (Å²) >= 11 is 0. The predicted octanol–water partition coefficient (Wildman–Crippen LogP) is 3.86. The van der Waals surface area contributed by atoms with Crippen molar-refractivity contribution in [3.8, 4) is 0 Å². The molecule has 0 aromatic rings. The molecule has 1 nitrogen and oxygen atoms in total. The lowest BCUT2D eigenvalue weighted by atomic mass is 9.99. The fourth-order valence-corrected chi connectivity index (χ4v) is 1.15. The molecular weight excluding hydrogens is 158 g/mol. The number of hydrogen-bond acceptors (Lipinski definition) is 1. The van der Waals surface area contributed by atoms with Crippen LogP contribution in [0.1, 0.15) is 48.5 Å². The Morgan fingerprint density at radius 1 is 1.08 bits per heavy atom. The van der Waals surface area contributed by atoms with Crippen molar-refractivity contribution in [3.05, 3.63) is 12.2 Å². The van der Waals surface area contributed by atoms with Crippen molar-refractivity contribution in [2.75, 3.05) is 7.05 Å². The van der Waals surface area contributed by atoms with Crippen LogP contribution in [0.5, 0.6) is 0 Å². The second kappa shape index (κ2) is 14.2. The fraction of sp³-hybridized carbons (Fsp3) is 0.833. The van der Waals surface area contributed by atoms with Crippen molar-refractivity contribution in [3.63, 3.8) is 0 Å². The van der Waals surface area contributed by atoms with Crippen molar-refractivity contribution in [2.24, 2.45) is 5.92 Å². The Hall–Kier alpha value is -0.300. The van der Waals surface area contributed by atoms with Crippen LogP contribution in [0.25, 0.3) is 0 Å². The van der Waals surface area contributed by atoms with Gasteiger partial charge in [-0.3, -0.25) is 0 Å². The largest absolute Gasteiger partial charge is 0.313 e. The van der Waals surface area contributed by atoms with Crippen LogP contribution in [-0.2, 0) is 0 Å². The fourth-order valence-electron chi connectivity index (χ4n) is 1.15. The zero-order chi connectivity index (χ0) is 11.4. The van der Waals surface area contributed by atoms with E-state index in [4.69, 9.17) is 0 Å². The second-order valence-electron chi connectivity index (χ2n) is 2.86. The average Bonchev–Trinajstić information content (AvgIpc) is 2.11. The quantitative estimate of drug-likeness (QED) is 0.662. The maximum absolute atomic E-state index is 3.89. The molecule has 0 radical (unpaired) electrons. The monoisotopic (exact) mass is 187 g/mol. The summed E-state index contributed by atoms with van der Waals surface area (Å²) in [4.78, 5) is 0. The van der Waals surface area contributed by atoms with Gasteiger partial charge in [-0.2, -0.15) is 0 Å². The van der Waals surface area contributed by atoms with Crippen LogP contribution in [0.2, 0.25) is 0 Å². The minimum Gasteiger partial charge on any atom is -0.313 e.